The number of allylic oxidation sites excluding steroid dienone is 6. The number of hydrogen-bond donors (Lipinski definition) is 3. The van der Waals surface area contributed by atoms with Gasteiger partial charge in [-0.15, -0.1) is 0 Å². The predicted octanol–water partition coefficient (Wildman–Crippen LogP) is 14.9. The minimum Gasteiger partial charge on any atom is -0.462 e. The van der Waals surface area contributed by atoms with Gasteiger partial charge in [0.05, 0.1) is 25.2 Å². The van der Waals surface area contributed by atoms with E-state index in [-0.39, 0.29) is 24.9 Å². The van der Waals surface area contributed by atoms with Crippen molar-refractivity contribution in [2.24, 2.45) is 0 Å². The molecule has 6 nitrogen and oxygen atoms in total. The maximum atomic E-state index is 13.2. The van der Waals surface area contributed by atoms with Gasteiger partial charge in [-0.3, -0.25) is 9.59 Å². The first kappa shape index (κ1) is 56.1. The highest BCUT2D eigenvalue weighted by Gasteiger charge is 2.24. The number of carbonyl (C=O) groups is 2. The molecule has 0 saturated carbocycles. The highest BCUT2D eigenvalue weighted by molar-refractivity contribution is 5.77. The molecule has 6 heteroatoms. The summed E-state index contributed by atoms with van der Waals surface area (Å²) >= 11 is 0. The zero-order chi connectivity index (χ0) is 42.4. The van der Waals surface area contributed by atoms with Crippen molar-refractivity contribution in [3.8, 4) is 0 Å². The average molecular weight is 816 g/mol. The van der Waals surface area contributed by atoms with Gasteiger partial charge in [0.2, 0.25) is 5.91 Å². The number of esters is 1. The van der Waals surface area contributed by atoms with Crippen molar-refractivity contribution in [1.82, 2.24) is 5.32 Å². The zero-order valence-corrected chi connectivity index (χ0v) is 38.7. The molecule has 58 heavy (non-hydrogen) atoms. The maximum absolute atomic E-state index is 13.2. The number of nitrogens with one attached hydrogen (secondary N) is 1. The van der Waals surface area contributed by atoms with E-state index >= 15 is 0 Å². The summed E-state index contributed by atoms with van der Waals surface area (Å²) < 4.78 is 5.91. The quantitative estimate of drug-likeness (QED) is 0.0323. The summed E-state index contributed by atoms with van der Waals surface area (Å²) in [4.78, 5) is 26.1. The predicted molar refractivity (Wildman–Crippen MR) is 250 cm³/mol. The molecule has 0 radical (unpaired) electrons. The van der Waals surface area contributed by atoms with Crippen LogP contribution in [0.2, 0.25) is 0 Å². The first-order chi connectivity index (χ1) is 28.5. The van der Waals surface area contributed by atoms with Crippen LogP contribution in [0.1, 0.15) is 258 Å². The second kappa shape index (κ2) is 46.2. The van der Waals surface area contributed by atoms with E-state index < -0.39 is 18.2 Å². The fourth-order valence-electron chi connectivity index (χ4n) is 7.57. The number of unbranched alkanes of at least 4 members (excludes halogenated alkanes) is 27. The molecule has 3 atom stereocenters. The van der Waals surface area contributed by atoms with Gasteiger partial charge in [0, 0.05) is 6.42 Å². The Morgan fingerprint density at radius 1 is 0.500 bits per heavy atom. The standard InChI is InChI=1S/C52H97NO5/c1-4-7-10-13-16-19-22-24-25-26-27-28-30-33-36-39-42-45-52(57)58-48(43-40-37-34-31-21-18-15-12-9-6-3)46-51(56)53-49(47-54)50(55)44-41-38-35-32-29-23-20-17-14-11-8-5-2/h16,18-19,21,24-25,48-50,54-55H,4-15,17,20,22-23,26-47H2,1-3H3,(H,53,56)/b19-16-,21-18-,25-24-. The first-order valence-electron chi connectivity index (χ1n) is 25.2. The van der Waals surface area contributed by atoms with Gasteiger partial charge in [0.25, 0.3) is 0 Å². The smallest absolute Gasteiger partial charge is 0.306 e. The van der Waals surface area contributed by atoms with Crippen LogP contribution in [0.5, 0.6) is 0 Å². The van der Waals surface area contributed by atoms with Gasteiger partial charge in [-0.2, -0.15) is 0 Å². The molecular weight excluding hydrogens is 719 g/mol. The van der Waals surface area contributed by atoms with Gasteiger partial charge in [0.15, 0.2) is 0 Å². The van der Waals surface area contributed by atoms with Crippen LogP contribution in [0, 0.1) is 0 Å². The SMILES string of the molecule is CCCCC/C=C\C/C=C\CCCCCCCCCC(=O)OC(CCCCC/C=C\CCCCC)CC(=O)NC(CO)C(O)CCCCCCCCCCCCCC. The van der Waals surface area contributed by atoms with Crippen LogP contribution in [-0.4, -0.2) is 46.9 Å². The van der Waals surface area contributed by atoms with E-state index in [1.54, 1.807) is 0 Å². The van der Waals surface area contributed by atoms with E-state index in [9.17, 15) is 19.8 Å². The Balaban J connectivity index is 4.51. The van der Waals surface area contributed by atoms with Crippen LogP contribution in [-0.2, 0) is 14.3 Å². The second-order valence-electron chi connectivity index (χ2n) is 17.2. The van der Waals surface area contributed by atoms with E-state index in [0.29, 0.717) is 19.3 Å². The molecule has 0 aromatic heterocycles. The third kappa shape index (κ3) is 40.8. The third-order valence-corrected chi connectivity index (χ3v) is 11.4. The van der Waals surface area contributed by atoms with Crippen molar-refractivity contribution < 1.29 is 24.5 Å². The van der Waals surface area contributed by atoms with Crippen LogP contribution in [0.25, 0.3) is 0 Å². The number of amides is 1. The zero-order valence-electron chi connectivity index (χ0n) is 38.7. The van der Waals surface area contributed by atoms with Crippen LogP contribution in [0.15, 0.2) is 36.5 Å². The van der Waals surface area contributed by atoms with E-state index in [4.69, 9.17) is 4.74 Å². The molecule has 0 aliphatic carbocycles. The summed E-state index contributed by atoms with van der Waals surface area (Å²) in [6, 6.07) is -0.704. The van der Waals surface area contributed by atoms with Crippen LogP contribution < -0.4 is 5.32 Å². The fraction of sp³-hybridized carbons (Fsp3) is 0.846. The van der Waals surface area contributed by atoms with E-state index in [0.717, 1.165) is 83.5 Å². The lowest BCUT2D eigenvalue weighted by Crippen LogP contribution is -2.46. The van der Waals surface area contributed by atoms with E-state index in [2.05, 4.69) is 62.5 Å². The number of aliphatic hydroxyl groups excluding tert-OH is 2. The lowest BCUT2D eigenvalue weighted by Gasteiger charge is -2.24. The van der Waals surface area contributed by atoms with Gasteiger partial charge in [-0.25, -0.2) is 0 Å². The third-order valence-electron chi connectivity index (χ3n) is 11.4. The highest BCUT2D eigenvalue weighted by Crippen LogP contribution is 2.17. The molecule has 3 unspecified atom stereocenters. The number of aliphatic hydroxyl groups is 2. The van der Waals surface area contributed by atoms with Crippen LogP contribution in [0.3, 0.4) is 0 Å². The molecule has 0 rings (SSSR count). The van der Waals surface area contributed by atoms with Crippen molar-refractivity contribution >= 4 is 11.9 Å². The summed E-state index contributed by atoms with van der Waals surface area (Å²) in [5.74, 6) is -0.494. The first-order valence-corrected chi connectivity index (χ1v) is 25.2. The Morgan fingerprint density at radius 3 is 1.38 bits per heavy atom. The topological polar surface area (TPSA) is 95.9 Å². The monoisotopic (exact) mass is 816 g/mol. The largest absolute Gasteiger partial charge is 0.462 e. The van der Waals surface area contributed by atoms with Crippen molar-refractivity contribution in [2.75, 3.05) is 6.61 Å². The molecule has 0 heterocycles. The van der Waals surface area contributed by atoms with Gasteiger partial charge in [0.1, 0.15) is 6.10 Å². The van der Waals surface area contributed by atoms with Crippen molar-refractivity contribution in [1.29, 1.82) is 0 Å². The summed E-state index contributed by atoms with van der Waals surface area (Å²) in [6.45, 7) is 6.42. The Bertz CT molecular complexity index is 961. The molecule has 1 amide bonds. The molecule has 0 spiro atoms. The summed E-state index contributed by atoms with van der Waals surface area (Å²) in [6.07, 6.45) is 53.5. The molecule has 0 aromatic rings. The van der Waals surface area contributed by atoms with Crippen LogP contribution in [0.4, 0.5) is 0 Å². The van der Waals surface area contributed by atoms with Gasteiger partial charge in [-0.05, 0) is 83.5 Å². The highest BCUT2D eigenvalue weighted by atomic mass is 16.5. The van der Waals surface area contributed by atoms with Crippen molar-refractivity contribution in [3.05, 3.63) is 36.5 Å². The minimum absolute atomic E-state index is 0.0653. The number of ether oxygens (including phenoxy) is 1. The van der Waals surface area contributed by atoms with Gasteiger partial charge >= 0.3 is 5.97 Å². The summed E-state index contributed by atoms with van der Waals surface area (Å²) in [5.41, 5.74) is 0. The molecule has 0 aliphatic rings. The molecule has 0 bridgehead atoms. The molecular formula is C52H97NO5. The minimum atomic E-state index is -0.790. The Labute approximate surface area is 360 Å². The summed E-state index contributed by atoms with van der Waals surface area (Å²) in [5, 5.41) is 23.7. The second-order valence-corrected chi connectivity index (χ2v) is 17.2. The Kier molecular flexibility index (Phi) is 44.6. The molecule has 0 fully saturated rings. The average Bonchev–Trinajstić information content (AvgIpc) is 3.22. The van der Waals surface area contributed by atoms with E-state index in [1.807, 2.05) is 0 Å². The lowest BCUT2D eigenvalue weighted by molar-refractivity contribution is -0.151. The molecule has 3 N–H and O–H groups in total. The fourth-order valence-corrected chi connectivity index (χ4v) is 7.57. The maximum Gasteiger partial charge on any atom is 0.306 e. The normalized spacial score (nSPS) is 13.5. The van der Waals surface area contributed by atoms with Crippen molar-refractivity contribution in [2.45, 2.75) is 277 Å². The Hall–Kier alpha value is -1.92. The Morgan fingerprint density at radius 2 is 0.879 bits per heavy atom. The molecule has 340 valence electrons. The van der Waals surface area contributed by atoms with Crippen molar-refractivity contribution in [3.63, 3.8) is 0 Å². The molecule has 0 aliphatic heterocycles. The summed E-state index contributed by atoms with van der Waals surface area (Å²) in [7, 11) is 0. The number of rotatable bonds is 45. The molecule has 0 aromatic carbocycles. The molecule has 0 saturated heterocycles. The van der Waals surface area contributed by atoms with Gasteiger partial charge in [-0.1, -0.05) is 198 Å². The number of carbonyl (C=O) groups excluding carboxylic acids is 2. The lowest BCUT2D eigenvalue weighted by atomic mass is 10.0. The van der Waals surface area contributed by atoms with E-state index in [1.165, 1.54) is 128 Å². The number of hydrogen-bond acceptors (Lipinski definition) is 5. The van der Waals surface area contributed by atoms with Gasteiger partial charge < -0.3 is 20.3 Å². The van der Waals surface area contributed by atoms with Crippen LogP contribution >= 0.6 is 0 Å².